The van der Waals surface area contributed by atoms with Crippen molar-refractivity contribution in [2.75, 3.05) is 6.61 Å². The van der Waals surface area contributed by atoms with E-state index in [1.807, 2.05) is 48.5 Å². The SMILES string of the molecule is O=C(O)C(CCC1COc2ccccc21)c1ccccc1. The van der Waals surface area contributed by atoms with Gasteiger partial charge in [0.1, 0.15) is 5.75 Å². The van der Waals surface area contributed by atoms with Gasteiger partial charge in [-0.3, -0.25) is 4.79 Å². The summed E-state index contributed by atoms with van der Waals surface area (Å²) in [7, 11) is 0. The average Bonchev–Trinajstić information content (AvgIpc) is 2.92. The Kier molecular flexibility index (Phi) is 3.91. The van der Waals surface area contributed by atoms with Gasteiger partial charge >= 0.3 is 5.97 Å². The minimum atomic E-state index is -0.756. The molecule has 21 heavy (non-hydrogen) atoms. The van der Waals surface area contributed by atoms with Crippen LogP contribution in [0.15, 0.2) is 54.6 Å². The molecule has 0 spiro atoms. The van der Waals surface area contributed by atoms with Crippen LogP contribution in [0, 0.1) is 0 Å². The molecule has 2 aromatic rings. The molecule has 1 aliphatic rings. The molecule has 1 heterocycles. The molecule has 0 radical (unpaired) electrons. The standard InChI is InChI=1S/C18H18O3/c19-18(20)16(13-6-2-1-3-7-13)11-10-14-12-21-17-9-5-4-8-15(14)17/h1-9,14,16H,10-12H2,(H,19,20). The van der Waals surface area contributed by atoms with Crippen molar-refractivity contribution in [2.24, 2.45) is 0 Å². The number of hydrogen-bond acceptors (Lipinski definition) is 2. The zero-order valence-corrected chi connectivity index (χ0v) is 11.7. The minimum Gasteiger partial charge on any atom is -0.493 e. The molecule has 2 atom stereocenters. The summed E-state index contributed by atoms with van der Waals surface area (Å²) in [5.41, 5.74) is 2.08. The van der Waals surface area contributed by atoms with Crippen LogP contribution in [-0.4, -0.2) is 17.7 Å². The molecular weight excluding hydrogens is 264 g/mol. The number of rotatable bonds is 5. The predicted octanol–water partition coefficient (Wildman–Crippen LogP) is 3.81. The van der Waals surface area contributed by atoms with Gasteiger partial charge in [0.2, 0.25) is 0 Å². The molecule has 2 aromatic carbocycles. The van der Waals surface area contributed by atoms with Crippen LogP contribution in [0.3, 0.4) is 0 Å². The number of carbonyl (C=O) groups is 1. The van der Waals surface area contributed by atoms with Gasteiger partial charge in [-0.25, -0.2) is 0 Å². The highest BCUT2D eigenvalue weighted by Crippen LogP contribution is 2.37. The first-order chi connectivity index (χ1) is 10.3. The first kappa shape index (κ1) is 13.7. The number of fused-ring (bicyclic) bond motifs is 1. The summed E-state index contributed by atoms with van der Waals surface area (Å²) in [6.45, 7) is 0.653. The van der Waals surface area contributed by atoms with E-state index in [4.69, 9.17) is 4.74 Å². The van der Waals surface area contributed by atoms with E-state index >= 15 is 0 Å². The lowest BCUT2D eigenvalue weighted by Gasteiger charge is -2.15. The molecule has 0 amide bonds. The van der Waals surface area contributed by atoms with Gasteiger partial charge in [0.15, 0.2) is 0 Å². The molecule has 0 saturated carbocycles. The van der Waals surface area contributed by atoms with Crippen LogP contribution >= 0.6 is 0 Å². The Bertz CT molecular complexity index is 621. The molecule has 3 nitrogen and oxygen atoms in total. The highest BCUT2D eigenvalue weighted by molar-refractivity contribution is 5.76. The summed E-state index contributed by atoms with van der Waals surface area (Å²) >= 11 is 0. The van der Waals surface area contributed by atoms with Crippen molar-refractivity contribution in [1.82, 2.24) is 0 Å². The van der Waals surface area contributed by atoms with E-state index in [0.717, 1.165) is 17.7 Å². The quantitative estimate of drug-likeness (QED) is 0.907. The lowest BCUT2D eigenvalue weighted by Crippen LogP contribution is -2.13. The number of para-hydroxylation sites is 1. The van der Waals surface area contributed by atoms with Crippen molar-refractivity contribution in [3.8, 4) is 5.75 Å². The Balaban J connectivity index is 1.70. The Morgan fingerprint density at radius 3 is 2.62 bits per heavy atom. The van der Waals surface area contributed by atoms with E-state index in [1.54, 1.807) is 0 Å². The number of carboxylic acids is 1. The zero-order chi connectivity index (χ0) is 14.7. The van der Waals surface area contributed by atoms with E-state index in [9.17, 15) is 9.90 Å². The molecule has 3 heteroatoms. The summed E-state index contributed by atoms with van der Waals surface area (Å²) in [4.78, 5) is 11.5. The third kappa shape index (κ3) is 2.92. The maximum Gasteiger partial charge on any atom is 0.310 e. The van der Waals surface area contributed by atoms with Gasteiger partial charge in [-0.15, -0.1) is 0 Å². The molecule has 0 aliphatic carbocycles. The number of hydrogen-bond donors (Lipinski definition) is 1. The lowest BCUT2D eigenvalue weighted by molar-refractivity contribution is -0.139. The van der Waals surface area contributed by atoms with Crippen molar-refractivity contribution in [2.45, 2.75) is 24.7 Å². The Morgan fingerprint density at radius 2 is 1.86 bits per heavy atom. The maximum atomic E-state index is 11.5. The summed E-state index contributed by atoms with van der Waals surface area (Å²) in [6.07, 6.45) is 1.45. The molecule has 0 fully saturated rings. The monoisotopic (exact) mass is 282 g/mol. The van der Waals surface area contributed by atoms with Crippen LogP contribution < -0.4 is 4.74 Å². The second-order valence-corrected chi connectivity index (χ2v) is 5.42. The molecule has 2 unspecified atom stereocenters. The van der Waals surface area contributed by atoms with Gasteiger partial charge in [-0.1, -0.05) is 48.5 Å². The van der Waals surface area contributed by atoms with Gasteiger partial charge in [-0.2, -0.15) is 0 Å². The summed E-state index contributed by atoms with van der Waals surface area (Å²) in [5, 5.41) is 9.46. The minimum absolute atomic E-state index is 0.298. The van der Waals surface area contributed by atoms with Crippen molar-refractivity contribution in [3.05, 3.63) is 65.7 Å². The second-order valence-electron chi connectivity index (χ2n) is 5.42. The number of benzene rings is 2. The molecular formula is C18H18O3. The van der Waals surface area contributed by atoms with Crippen molar-refractivity contribution >= 4 is 5.97 Å². The largest absolute Gasteiger partial charge is 0.493 e. The summed E-state index contributed by atoms with van der Waals surface area (Å²) in [6, 6.07) is 17.5. The van der Waals surface area contributed by atoms with Crippen molar-refractivity contribution in [1.29, 1.82) is 0 Å². The van der Waals surface area contributed by atoms with Gasteiger partial charge in [0.25, 0.3) is 0 Å². The van der Waals surface area contributed by atoms with E-state index < -0.39 is 11.9 Å². The van der Waals surface area contributed by atoms with Crippen LogP contribution in [0.4, 0.5) is 0 Å². The first-order valence-electron chi connectivity index (χ1n) is 7.25. The fourth-order valence-corrected chi connectivity index (χ4v) is 2.95. The average molecular weight is 282 g/mol. The van der Waals surface area contributed by atoms with E-state index in [0.29, 0.717) is 18.9 Å². The number of aliphatic carboxylic acids is 1. The van der Waals surface area contributed by atoms with E-state index in [-0.39, 0.29) is 0 Å². The molecule has 0 saturated heterocycles. The van der Waals surface area contributed by atoms with Gasteiger partial charge in [-0.05, 0) is 24.5 Å². The molecule has 1 aliphatic heterocycles. The van der Waals surface area contributed by atoms with Gasteiger partial charge in [0.05, 0.1) is 12.5 Å². The third-order valence-corrected chi connectivity index (χ3v) is 4.10. The van der Waals surface area contributed by atoms with Crippen LogP contribution in [0.25, 0.3) is 0 Å². The highest BCUT2D eigenvalue weighted by atomic mass is 16.5. The molecule has 3 rings (SSSR count). The normalized spacial score (nSPS) is 17.8. The Labute approximate surface area is 124 Å². The van der Waals surface area contributed by atoms with E-state index in [2.05, 4.69) is 6.07 Å². The molecule has 108 valence electrons. The maximum absolute atomic E-state index is 11.5. The van der Waals surface area contributed by atoms with Crippen molar-refractivity contribution < 1.29 is 14.6 Å². The van der Waals surface area contributed by atoms with Crippen LogP contribution in [0.2, 0.25) is 0 Å². The predicted molar refractivity (Wildman–Crippen MR) is 80.7 cm³/mol. The van der Waals surface area contributed by atoms with Crippen molar-refractivity contribution in [3.63, 3.8) is 0 Å². The molecule has 0 aromatic heterocycles. The fourth-order valence-electron chi connectivity index (χ4n) is 2.95. The summed E-state index contributed by atoms with van der Waals surface area (Å²) < 4.78 is 5.66. The van der Waals surface area contributed by atoms with Crippen LogP contribution in [0.5, 0.6) is 5.75 Å². The van der Waals surface area contributed by atoms with Gasteiger partial charge < -0.3 is 9.84 Å². The number of carboxylic acid groups (broad SMARTS) is 1. The van der Waals surface area contributed by atoms with Gasteiger partial charge in [0, 0.05) is 11.5 Å². The Morgan fingerprint density at radius 1 is 1.14 bits per heavy atom. The zero-order valence-electron chi connectivity index (χ0n) is 11.7. The smallest absolute Gasteiger partial charge is 0.310 e. The van der Waals surface area contributed by atoms with E-state index in [1.165, 1.54) is 5.56 Å². The van der Waals surface area contributed by atoms with Crippen LogP contribution in [0.1, 0.15) is 35.8 Å². The Hall–Kier alpha value is -2.29. The topological polar surface area (TPSA) is 46.5 Å². The summed E-state index contributed by atoms with van der Waals surface area (Å²) in [5.74, 6) is 0.0354. The second kappa shape index (κ2) is 6.00. The molecule has 0 bridgehead atoms. The van der Waals surface area contributed by atoms with Crippen LogP contribution in [-0.2, 0) is 4.79 Å². The third-order valence-electron chi connectivity index (χ3n) is 4.10. The first-order valence-corrected chi connectivity index (χ1v) is 7.25. The highest BCUT2D eigenvalue weighted by Gasteiger charge is 2.27. The lowest BCUT2D eigenvalue weighted by atomic mass is 9.88. The number of ether oxygens (including phenoxy) is 1. The fraction of sp³-hybridized carbons (Fsp3) is 0.278. The molecule has 1 N–H and O–H groups in total.